The SMILES string of the molecule is CC(CNc1ccc(Cl)cc1[N+](=O)[O-])N(C)C. The van der Waals surface area contributed by atoms with Gasteiger partial charge in [-0.25, -0.2) is 0 Å². The Hall–Kier alpha value is -1.33. The van der Waals surface area contributed by atoms with E-state index in [4.69, 9.17) is 11.6 Å². The number of anilines is 1. The van der Waals surface area contributed by atoms with E-state index >= 15 is 0 Å². The highest BCUT2D eigenvalue weighted by molar-refractivity contribution is 6.30. The summed E-state index contributed by atoms with van der Waals surface area (Å²) in [5, 5.41) is 14.3. The van der Waals surface area contributed by atoms with E-state index in [-0.39, 0.29) is 11.7 Å². The van der Waals surface area contributed by atoms with Gasteiger partial charge in [-0.05, 0) is 33.2 Å². The molecular weight excluding hydrogens is 242 g/mol. The van der Waals surface area contributed by atoms with Gasteiger partial charge in [0.15, 0.2) is 0 Å². The third-order valence-electron chi connectivity index (χ3n) is 2.63. The van der Waals surface area contributed by atoms with Crippen LogP contribution in [0.4, 0.5) is 11.4 Å². The van der Waals surface area contributed by atoms with Crippen LogP contribution >= 0.6 is 11.6 Å². The Morgan fingerprint density at radius 2 is 2.18 bits per heavy atom. The summed E-state index contributed by atoms with van der Waals surface area (Å²) in [6.07, 6.45) is 0. The first-order chi connectivity index (χ1) is 7.91. The smallest absolute Gasteiger partial charge is 0.293 e. The molecule has 6 heteroatoms. The van der Waals surface area contributed by atoms with Crippen molar-refractivity contribution in [3.8, 4) is 0 Å². The minimum atomic E-state index is -0.436. The number of rotatable bonds is 5. The van der Waals surface area contributed by atoms with Crippen molar-refractivity contribution >= 4 is 23.0 Å². The Morgan fingerprint density at radius 1 is 1.53 bits per heavy atom. The van der Waals surface area contributed by atoms with E-state index in [1.807, 2.05) is 25.9 Å². The zero-order valence-corrected chi connectivity index (χ0v) is 10.9. The predicted molar refractivity (Wildman–Crippen MR) is 69.7 cm³/mol. The molecule has 0 fully saturated rings. The molecule has 1 unspecified atom stereocenters. The Morgan fingerprint density at radius 3 is 2.71 bits per heavy atom. The van der Waals surface area contributed by atoms with E-state index in [2.05, 4.69) is 5.32 Å². The first-order valence-electron chi connectivity index (χ1n) is 5.26. The van der Waals surface area contributed by atoms with Crippen LogP contribution in [-0.4, -0.2) is 36.5 Å². The van der Waals surface area contributed by atoms with Gasteiger partial charge in [0.25, 0.3) is 5.69 Å². The molecule has 1 rings (SSSR count). The van der Waals surface area contributed by atoms with Gasteiger partial charge in [0.1, 0.15) is 5.69 Å². The standard InChI is InChI=1S/C11H16ClN3O2/c1-8(14(2)3)7-13-10-5-4-9(12)6-11(10)15(16)17/h4-6,8,13H,7H2,1-3H3. The summed E-state index contributed by atoms with van der Waals surface area (Å²) < 4.78 is 0. The summed E-state index contributed by atoms with van der Waals surface area (Å²) in [4.78, 5) is 12.4. The van der Waals surface area contributed by atoms with Crippen LogP contribution in [0.15, 0.2) is 18.2 Å². The van der Waals surface area contributed by atoms with Gasteiger partial charge >= 0.3 is 0 Å². The molecule has 0 heterocycles. The summed E-state index contributed by atoms with van der Waals surface area (Å²) >= 11 is 5.73. The fourth-order valence-corrected chi connectivity index (χ4v) is 1.41. The summed E-state index contributed by atoms with van der Waals surface area (Å²) in [6, 6.07) is 4.90. The zero-order valence-electron chi connectivity index (χ0n) is 10.1. The molecule has 0 saturated heterocycles. The highest BCUT2D eigenvalue weighted by atomic mass is 35.5. The average molecular weight is 258 g/mol. The Bertz CT molecular complexity index is 410. The number of likely N-dealkylation sites (N-methyl/N-ethyl adjacent to an activating group) is 1. The molecule has 1 atom stereocenters. The van der Waals surface area contributed by atoms with Crippen LogP contribution in [0.5, 0.6) is 0 Å². The molecule has 0 aromatic heterocycles. The first kappa shape index (κ1) is 13.7. The number of nitrogens with zero attached hydrogens (tertiary/aromatic N) is 2. The first-order valence-corrected chi connectivity index (χ1v) is 5.64. The van der Waals surface area contributed by atoms with E-state index in [0.29, 0.717) is 17.3 Å². The monoisotopic (exact) mass is 257 g/mol. The summed E-state index contributed by atoms with van der Waals surface area (Å²) in [7, 11) is 3.92. The summed E-state index contributed by atoms with van der Waals surface area (Å²) in [5.41, 5.74) is 0.497. The lowest BCUT2D eigenvalue weighted by atomic mass is 10.2. The van der Waals surface area contributed by atoms with Crippen LogP contribution in [0.3, 0.4) is 0 Å². The Labute approximate surface area is 106 Å². The fraction of sp³-hybridized carbons (Fsp3) is 0.455. The van der Waals surface area contributed by atoms with Gasteiger partial charge in [-0.2, -0.15) is 0 Å². The molecule has 1 aromatic carbocycles. The van der Waals surface area contributed by atoms with Crippen LogP contribution in [0.2, 0.25) is 5.02 Å². The highest BCUT2D eigenvalue weighted by Gasteiger charge is 2.15. The molecule has 1 N–H and O–H groups in total. The van der Waals surface area contributed by atoms with Crippen LogP contribution in [0.1, 0.15) is 6.92 Å². The van der Waals surface area contributed by atoms with Crippen molar-refractivity contribution in [2.75, 3.05) is 26.0 Å². The molecule has 94 valence electrons. The third kappa shape index (κ3) is 3.87. The molecule has 5 nitrogen and oxygen atoms in total. The number of hydrogen-bond acceptors (Lipinski definition) is 4. The number of nitrogens with one attached hydrogen (secondary N) is 1. The highest BCUT2D eigenvalue weighted by Crippen LogP contribution is 2.27. The molecule has 0 bridgehead atoms. The summed E-state index contributed by atoms with van der Waals surface area (Å²) in [6.45, 7) is 2.67. The normalized spacial score (nSPS) is 12.5. The molecule has 1 aromatic rings. The minimum Gasteiger partial charge on any atom is -0.378 e. The molecule has 0 amide bonds. The second kappa shape index (κ2) is 5.84. The lowest BCUT2D eigenvalue weighted by molar-refractivity contribution is -0.383. The minimum absolute atomic E-state index is 0.00320. The van der Waals surface area contributed by atoms with Gasteiger partial charge < -0.3 is 10.2 Å². The lowest BCUT2D eigenvalue weighted by Gasteiger charge is -2.20. The van der Waals surface area contributed by atoms with E-state index < -0.39 is 4.92 Å². The number of benzene rings is 1. The third-order valence-corrected chi connectivity index (χ3v) is 2.86. The summed E-state index contributed by atoms with van der Waals surface area (Å²) in [5.74, 6) is 0. The largest absolute Gasteiger partial charge is 0.378 e. The maximum Gasteiger partial charge on any atom is 0.293 e. The molecule has 0 spiro atoms. The number of nitro groups is 1. The van der Waals surface area contributed by atoms with E-state index in [9.17, 15) is 10.1 Å². The topological polar surface area (TPSA) is 58.4 Å². The Balaban J connectivity index is 2.80. The van der Waals surface area contributed by atoms with Crippen molar-refractivity contribution in [2.45, 2.75) is 13.0 Å². The lowest BCUT2D eigenvalue weighted by Crippen LogP contribution is -2.31. The van der Waals surface area contributed by atoms with Gasteiger partial charge in [-0.3, -0.25) is 10.1 Å². The van der Waals surface area contributed by atoms with Gasteiger partial charge in [0.05, 0.1) is 4.92 Å². The Kier molecular flexibility index (Phi) is 4.72. The molecule has 0 saturated carbocycles. The van der Waals surface area contributed by atoms with Crippen LogP contribution in [0.25, 0.3) is 0 Å². The van der Waals surface area contributed by atoms with E-state index in [1.165, 1.54) is 6.07 Å². The number of nitro benzene ring substituents is 1. The van der Waals surface area contributed by atoms with Crippen molar-refractivity contribution in [1.82, 2.24) is 4.90 Å². The number of halogens is 1. The van der Waals surface area contributed by atoms with Crippen molar-refractivity contribution in [2.24, 2.45) is 0 Å². The van der Waals surface area contributed by atoms with Crippen LogP contribution in [-0.2, 0) is 0 Å². The molecule has 0 aliphatic carbocycles. The van der Waals surface area contributed by atoms with Gasteiger partial charge in [-0.15, -0.1) is 0 Å². The molecule has 0 aliphatic rings. The van der Waals surface area contributed by atoms with Gasteiger partial charge in [0, 0.05) is 23.7 Å². The van der Waals surface area contributed by atoms with Gasteiger partial charge in [-0.1, -0.05) is 11.6 Å². The predicted octanol–water partition coefficient (Wildman–Crippen LogP) is 2.61. The van der Waals surface area contributed by atoms with Gasteiger partial charge in [0.2, 0.25) is 0 Å². The van der Waals surface area contributed by atoms with E-state index in [1.54, 1.807) is 12.1 Å². The molecule has 0 radical (unpaired) electrons. The van der Waals surface area contributed by atoms with E-state index in [0.717, 1.165) is 0 Å². The zero-order chi connectivity index (χ0) is 13.0. The van der Waals surface area contributed by atoms with Crippen LogP contribution < -0.4 is 5.32 Å². The second-order valence-electron chi connectivity index (χ2n) is 4.11. The maximum atomic E-state index is 10.8. The molecule has 17 heavy (non-hydrogen) atoms. The van der Waals surface area contributed by atoms with Crippen LogP contribution in [0, 0.1) is 10.1 Å². The van der Waals surface area contributed by atoms with Crippen molar-refractivity contribution < 1.29 is 4.92 Å². The molecular formula is C11H16ClN3O2. The van der Waals surface area contributed by atoms with Crippen molar-refractivity contribution in [3.63, 3.8) is 0 Å². The fourth-order valence-electron chi connectivity index (χ4n) is 1.25. The maximum absolute atomic E-state index is 10.8. The number of hydrogen-bond donors (Lipinski definition) is 1. The van der Waals surface area contributed by atoms with Crippen molar-refractivity contribution in [1.29, 1.82) is 0 Å². The quantitative estimate of drug-likeness (QED) is 0.651. The average Bonchev–Trinajstić information content (AvgIpc) is 2.26. The molecule has 0 aliphatic heterocycles. The second-order valence-corrected chi connectivity index (χ2v) is 4.55. The van der Waals surface area contributed by atoms with Crippen molar-refractivity contribution in [3.05, 3.63) is 33.3 Å².